The Kier molecular flexibility index (Phi) is 28.8. The highest BCUT2D eigenvalue weighted by Gasteiger charge is 2.29. The fraction of sp³-hybridized carbons (Fsp3) is 0.402. The second kappa shape index (κ2) is 39.3. The summed E-state index contributed by atoms with van der Waals surface area (Å²) < 4.78 is 65.6. The van der Waals surface area contributed by atoms with Crippen LogP contribution in [0.15, 0.2) is 127 Å². The number of aromatic nitrogens is 8. The highest BCUT2D eigenvalue weighted by Crippen LogP contribution is 2.38. The van der Waals surface area contributed by atoms with Crippen LogP contribution >= 0.6 is 11.6 Å². The predicted molar refractivity (Wildman–Crippen MR) is 489 cm³/mol. The lowest BCUT2D eigenvalue weighted by Gasteiger charge is -2.29. The van der Waals surface area contributed by atoms with Crippen LogP contribution in [0.5, 0.6) is 0 Å². The predicted octanol–water partition coefficient (Wildman–Crippen LogP) is 17.9. The minimum atomic E-state index is -0.292. The monoisotopic (exact) mass is 1660 g/mol. The summed E-state index contributed by atoms with van der Waals surface area (Å²) in [6.45, 7) is 37.8. The van der Waals surface area contributed by atoms with Crippen LogP contribution in [0, 0.1) is 99.4 Å². The van der Waals surface area contributed by atoms with E-state index in [1.807, 2.05) is 146 Å². The fourth-order valence-corrected chi connectivity index (χ4v) is 17.8. The van der Waals surface area contributed by atoms with E-state index in [0.717, 1.165) is 214 Å². The number of nitrogens with zero attached hydrogens (tertiary/aromatic N) is 11. The molecule has 24 heteroatoms. The van der Waals surface area contributed by atoms with Crippen molar-refractivity contribution in [3.05, 3.63) is 267 Å². The third-order valence-corrected chi connectivity index (χ3v) is 23.9. The maximum Gasteiger partial charge on any atom is 0.206 e. The molecule has 0 spiro atoms. The number of imidazole rings is 4. The Bertz CT molecular complexity index is 5740. The van der Waals surface area contributed by atoms with Crippen molar-refractivity contribution in [3.8, 4) is 0 Å². The molecule has 19 nitrogen and oxygen atoms in total. The smallest absolute Gasteiger partial charge is 0.206 e. The number of halogens is 5. The highest BCUT2D eigenvalue weighted by molar-refractivity contribution is 6.31. The summed E-state index contributed by atoms with van der Waals surface area (Å²) in [5.74, 6) is 3.03. The normalized spacial score (nSPS) is 14.6. The lowest BCUT2D eigenvalue weighted by atomic mass is 9.97. The Balaban J connectivity index is 0.000000139. The maximum absolute atomic E-state index is 14.2. The van der Waals surface area contributed by atoms with E-state index in [2.05, 4.69) is 107 Å². The molecule has 0 amide bonds. The number of anilines is 4. The van der Waals surface area contributed by atoms with Gasteiger partial charge in [0.1, 0.15) is 23.3 Å². The van der Waals surface area contributed by atoms with Crippen molar-refractivity contribution in [3.63, 3.8) is 0 Å². The van der Waals surface area contributed by atoms with Gasteiger partial charge in [0.25, 0.3) is 0 Å². The van der Waals surface area contributed by atoms with E-state index < -0.39 is 0 Å². The van der Waals surface area contributed by atoms with Crippen LogP contribution < -0.4 is 53.6 Å². The summed E-state index contributed by atoms with van der Waals surface area (Å²) in [5, 5.41) is 20.7. The summed E-state index contributed by atoms with van der Waals surface area (Å²) in [7, 11) is 0. The SMILES string of the molecule is CCC[C@H](N)c1cc(Cl)cc2c1nc(N1CCNCC1)n2Cc1cc(C)c(F)c(C)c1.CC[C@H](N)c1cc(C)cc2c1nc(N1CCNCC1)n2Cc1cc(C)c(F)c(C)c1.Cc1cc(CO)c2nc(N3CCCCC3)n(Cc3cc(C)c(F)c(C)c3)c2c1.Cc1cc([C@@H](N)c2ccccc2)c2nc(NCCN)n(Cc3cc(C)c(F)c(C)c3)c2c1. The molecule has 3 fully saturated rings. The summed E-state index contributed by atoms with van der Waals surface area (Å²) in [6, 6.07) is 41.7. The Labute approximate surface area is 714 Å². The molecule has 9 aromatic carbocycles. The maximum atomic E-state index is 14.2. The zero-order valence-corrected chi connectivity index (χ0v) is 73.4. The van der Waals surface area contributed by atoms with Gasteiger partial charge in [-0.3, -0.25) is 0 Å². The van der Waals surface area contributed by atoms with Gasteiger partial charge >= 0.3 is 0 Å². The van der Waals surface area contributed by atoms with Crippen LogP contribution in [0.4, 0.5) is 41.4 Å². The molecule has 7 heterocycles. The molecule has 0 aliphatic carbocycles. The van der Waals surface area contributed by atoms with Crippen molar-refractivity contribution in [1.29, 1.82) is 0 Å². The lowest BCUT2D eigenvalue weighted by molar-refractivity contribution is 0.283. The molecule has 4 aromatic heterocycles. The Hall–Kier alpha value is -10.2. The van der Waals surface area contributed by atoms with Crippen molar-refractivity contribution in [1.82, 2.24) is 48.8 Å². The van der Waals surface area contributed by atoms with E-state index in [-0.39, 0.29) is 48.0 Å². The molecule has 12 N–H and O–H groups in total. The largest absolute Gasteiger partial charge is 0.392 e. The number of nitrogens with one attached hydrogen (secondary N) is 3. The number of hydrogen-bond acceptors (Lipinski definition) is 15. The molecule has 121 heavy (non-hydrogen) atoms. The Morgan fingerprint density at radius 2 is 0.810 bits per heavy atom. The lowest BCUT2D eigenvalue weighted by Crippen LogP contribution is -2.44. The molecule has 3 atom stereocenters. The molecule has 13 aromatic rings. The molecule has 0 unspecified atom stereocenters. The number of hydrogen-bond donors (Lipinski definition) is 8. The van der Waals surface area contributed by atoms with E-state index in [1.54, 1.807) is 13.8 Å². The van der Waals surface area contributed by atoms with Gasteiger partial charge in [-0.2, -0.15) is 0 Å². The molecule has 3 aliphatic rings. The molecule has 16 rings (SSSR count). The van der Waals surface area contributed by atoms with Gasteiger partial charge in [0.05, 0.1) is 83.0 Å². The molecule has 3 saturated heterocycles. The topological polar surface area (TPSA) is 241 Å². The van der Waals surface area contributed by atoms with Gasteiger partial charge in [-0.1, -0.05) is 129 Å². The molecule has 0 bridgehead atoms. The van der Waals surface area contributed by atoms with E-state index in [1.165, 1.54) is 24.8 Å². The van der Waals surface area contributed by atoms with Crippen molar-refractivity contribution < 1.29 is 22.7 Å². The van der Waals surface area contributed by atoms with Gasteiger partial charge in [0, 0.05) is 107 Å². The summed E-state index contributed by atoms with van der Waals surface area (Å²) in [6.07, 6.45) is 6.34. The molecule has 0 radical (unpaired) electrons. The van der Waals surface area contributed by atoms with Crippen molar-refractivity contribution in [2.45, 2.75) is 179 Å². The summed E-state index contributed by atoms with van der Waals surface area (Å²) >= 11 is 6.54. The standard InChI is InChI=1S/C26H30FN5.C24H31ClFN5.C24H32FN5.C23H28FN3O/c1-16-11-21(24(29)20-7-5-4-6-8-20)25-22(12-16)32(26(31-25)30-10-9-28)15-19-13-17(2)23(27)18(3)14-19;1-4-5-20(27)19-12-18(25)13-21-23(19)29-24(30-8-6-28-7-9-30)31(21)14-17-10-15(2)22(26)16(3)11-17;1-5-20(26)19-10-15(2)11-21-23(19)28-24(29-8-6-27-7-9-29)30(21)14-18-12-16(3)22(25)17(4)13-18;1-15-9-19(14-28)22-20(10-15)27(23(25-22)26-7-5-4-6-8-26)13-18-11-16(2)21(24)17(3)12-18/h4-8,11-14,24H,9-10,15,28-29H2,1-3H3,(H,30,31);10-13,20,28H,4-9,14,27H2,1-3H3;10-13,20,27H,5-9,14,26H2,1-4H3;9-12,28H,4-8,13-14H2,1-3H3/t24-;2*20-;/m000./s1. The minimum absolute atomic E-state index is 0.0244. The van der Waals surface area contributed by atoms with Crippen molar-refractivity contribution in [2.75, 3.05) is 98.6 Å². The van der Waals surface area contributed by atoms with Gasteiger partial charge < -0.3 is 77.0 Å². The number of nitrogens with two attached hydrogens (primary N) is 4. The van der Waals surface area contributed by atoms with Gasteiger partial charge in [-0.05, 0) is 239 Å². The zero-order chi connectivity index (χ0) is 86.2. The van der Waals surface area contributed by atoms with Crippen molar-refractivity contribution in [2.24, 2.45) is 22.9 Å². The number of aliphatic hydroxyl groups excluding tert-OH is 1. The van der Waals surface area contributed by atoms with Crippen molar-refractivity contribution >= 4 is 79.5 Å². The molecule has 0 saturated carbocycles. The fourth-order valence-electron chi connectivity index (χ4n) is 17.6. The van der Waals surface area contributed by atoms with Crippen LogP contribution in [0.2, 0.25) is 5.02 Å². The van der Waals surface area contributed by atoms with E-state index in [4.69, 9.17) is 54.5 Å². The first-order valence-electron chi connectivity index (χ1n) is 42.9. The third-order valence-electron chi connectivity index (χ3n) is 23.6. The average molecular weight is 1670 g/mol. The molecular weight excluding hydrogens is 1540 g/mol. The first kappa shape index (κ1) is 88.6. The highest BCUT2D eigenvalue weighted by atomic mass is 35.5. The Morgan fingerprint density at radius 1 is 0.438 bits per heavy atom. The Morgan fingerprint density at radius 3 is 1.23 bits per heavy atom. The number of fused-ring (bicyclic) bond motifs is 4. The second-order valence-electron chi connectivity index (χ2n) is 33.5. The number of piperidine rings is 1. The number of aryl methyl sites for hydroxylation is 11. The van der Waals surface area contributed by atoms with Gasteiger partial charge in [0.15, 0.2) is 0 Å². The summed E-state index contributed by atoms with van der Waals surface area (Å²) in [5.41, 5.74) is 51.0. The minimum Gasteiger partial charge on any atom is -0.392 e. The van der Waals surface area contributed by atoms with Gasteiger partial charge in [-0.15, -0.1) is 0 Å². The first-order chi connectivity index (χ1) is 58.1. The van der Waals surface area contributed by atoms with E-state index >= 15 is 0 Å². The quantitative estimate of drug-likeness (QED) is 0.0294. The van der Waals surface area contributed by atoms with Crippen LogP contribution in [-0.4, -0.2) is 122 Å². The first-order valence-corrected chi connectivity index (χ1v) is 43.3. The van der Waals surface area contributed by atoms with Crippen LogP contribution in [-0.2, 0) is 32.8 Å². The van der Waals surface area contributed by atoms with Crippen LogP contribution in [0.1, 0.15) is 182 Å². The molecule has 3 aliphatic heterocycles. The van der Waals surface area contributed by atoms with Crippen LogP contribution in [0.25, 0.3) is 44.1 Å². The van der Waals surface area contributed by atoms with Gasteiger partial charge in [0.2, 0.25) is 23.8 Å². The molecular formula is C97H121ClF4N18O. The second-order valence-corrected chi connectivity index (χ2v) is 33.9. The number of benzene rings is 9. The summed E-state index contributed by atoms with van der Waals surface area (Å²) in [4.78, 5) is 27.1. The van der Waals surface area contributed by atoms with E-state index in [0.29, 0.717) is 88.8 Å². The third kappa shape index (κ3) is 20.0. The number of rotatable bonds is 22. The zero-order valence-electron chi connectivity index (χ0n) is 72.7. The number of piperazine rings is 2. The van der Waals surface area contributed by atoms with E-state index in [9.17, 15) is 22.7 Å². The molecule has 640 valence electrons. The number of aliphatic hydroxyl groups is 1. The average Bonchev–Trinajstić information content (AvgIpc) is 1.63. The van der Waals surface area contributed by atoms with Crippen LogP contribution in [0.3, 0.4) is 0 Å². The van der Waals surface area contributed by atoms with Gasteiger partial charge in [-0.25, -0.2) is 37.5 Å².